The van der Waals surface area contributed by atoms with Gasteiger partial charge in [-0.1, -0.05) is 6.07 Å². The van der Waals surface area contributed by atoms with E-state index < -0.39 is 11.9 Å². The normalized spacial score (nSPS) is 9.78. The van der Waals surface area contributed by atoms with Crippen molar-refractivity contribution in [2.75, 3.05) is 5.32 Å². The molecule has 2 aromatic heterocycles. The first-order valence-electron chi connectivity index (χ1n) is 5.08. The zero-order valence-electron chi connectivity index (χ0n) is 9.20. The highest BCUT2D eigenvalue weighted by Crippen LogP contribution is 2.05. The van der Waals surface area contributed by atoms with Gasteiger partial charge < -0.3 is 10.4 Å². The molecule has 0 unspecified atom stereocenters. The molecule has 0 aromatic carbocycles. The molecule has 2 aromatic rings. The van der Waals surface area contributed by atoms with Gasteiger partial charge in [0.15, 0.2) is 0 Å². The predicted octanol–water partition coefficient (Wildman–Crippen LogP) is 1.43. The van der Waals surface area contributed by atoms with Gasteiger partial charge >= 0.3 is 5.97 Å². The summed E-state index contributed by atoms with van der Waals surface area (Å²) in [4.78, 5) is 30.1. The van der Waals surface area contributed by atoms with Crippen molar-refractivity contribution < 1.29 is 14.7 Å². The Hall–Kier alpha value is -2.76. The number of nitrogens with zero attached hydrogens (tertiary/aromatic N) is 2. The second-order valence-corrected chi connectivity index (χ2v) is 3.41. The van der Waals surface area contributed by atoms with Crippen molar-refractivity contribution in [1.29, 1.82) is 0 Å². The lowest BCUT2D eigenvalue weighted by Gasteiger charge is -2.03. The highest BCUT2D eigenvalue weighted by atomic mass is 16.4. The van der Waals surface area contributed by atoms with Crippen molar-refractivity contribution in [3.05, 3.63) is 54.0 Å². The maximum atomic E-state index is 11.7. The summed E-state index contributed by atoms with van der Waals surface area (Å²) in [6.07, 6.45) is 2.69. The van der Waals surface area contributed by atoms with Crippen LogP contribution in [0.15, 0.2) is 42.7 Å². The Labute approximate surface area is 102 Å². The lowest BCUT2D eigenvalue weighted by atomic mass is 10.2. The molecule has 0 saturated carbocycles. The average Bonchev–Trinajstić information content (AvgIpc) is 2.40. The standard InChI is InChI=1S/C12H9N3O3/c16-11(15-10-3-1-2-6-13-10)9-5-4-8(7-14-9)12(17)18/h1-7H,(H,17,18)(H,13,15,16). The Morgan fingerprint density at radius 3 is 2.50 bits per heavy atom. The van der Waals surface area contributed by atoms with Gasteiger partial charge in [-0.15, -0.1) is 0 Å². The fourth-order valence-electron chi connectivity index (χ4n) is 1.27. The minimum absolute atomic E-state index is 0.0318. The molecule has 2 heterocycles. The SMILES string of the molecule is O=C(O)c1ccc(C(=O)Nc2ccccn2)nc1. The van der Waals surface area contributed by atoms with Gasteiger partial charge in [-0.2, -0.15) is 0 Å². The molecule has 0 aliphatic carbocycles. The van der Waals surface area contributed by atoms with Crippen molar-refractivity contribution in [1.82, 2.24) is 9.97 Å². The van der Waals surface area contributed by atoms with Crippen molar-refractivity contribution in [2.24, 2.45) is 0 Å². The number of pyridine rings is 2. The number of nitrogens with one attached hydrogen (secondary N) is 1. The maximum Gasteiger partial charge on any atom is 0.337 e. The van der Waals surface area contributed by atoms with Crippen LogP contribution in [-0.4, -0.2) is 27.0 Å². The van der Waals surface area contributed by atoms with Gasteiger partial charge in [0.05, 0.1) is 5.56 Å². The van der Waals surface area contributed by atoms with Gasteiger partial charge in [0.1, 0.15) is 11.5 Å². The van der Waals surface area contributed by atoms with E-state index in [1.807, 2.05) is 0 Å². The van der Waals surface area contributed by atoms with Crippen LogP contribution in [0.4, 0.5) is 5.82 Å². The first-order valence-corrected chi connectivity index (χ1v) is 5.08. The smallest absolute Gasteiger partial charge is 0.337 e. The van der Waals surface area contributed by atoms with E-state index in [2.05, 4.69) is 15.3 Å². The summed E-state index contributed by atoms with van der Waals surface area (Å²) in [7, 11) is 0. The van der Waals surface area contributed by atoms with Gasteiger partial charge in [0.25, 0.3) is 5.91 Å². The summed E-state index contributed by atoms with van der Waals surface area (Å²) in [5, 5.41) is 11.2. The third-order valence-corrected chi connectivity index (χ3v) is 2.15. The largest absolute Gasteiger partial charge is 0.478 e. The second kappa shape index (κ2) is 5.05. The molecule has 1 amide bonds. The number of amides is 1. The number of carbonyl (C=O) groups is 2. The van der Waals surface area contributed by atoms with Crippen LogP contribution in [0.1, 0.15) is 20.8 Å². The summed E-state index contributed by atoms with van der Waals surface area (Å²) < 4.78 is 0. The molecule has 0 radical (unpaired) electrons. The van der Waals surface area contributed by atoms with E-state index in [1.165, 1.54) is 12.1 Å². The van der Waals surface area contributed by atoms with Crippen LogP contribution in [0.3, 0.4) is 0 Å². The summed E-state index contributed by atoms with van der Waals surface area (Å²) in [6, 6.07) is 7.78. The number of carboxylic acids is 1. The molecule has 6 heteroatoms. The molecule has 0 spiro atoms. The van der Waals surface area contributed by atoms with Crippen LogP contribution in [0.2, 0.25) is 0 Å². The Morgan fingerprint density at radius 2 is 1.94 bits per heavy atom. The number of hydrogen-bond donors (Lipinski definition) is 2. The predicted molar refractivity (Wildman–Crippen MR) is 63.4 cm³/mol. The van der Waals surface area contributed by atoms with E-state index >= 15 is 0 Å². The number of aromatic carboxylic acids is 1. The van der Waals surface area contributed by atoms with E-state index in [4.69, 9.17) is 5.11 Å². The van der Waals surface area contributed by atoms with E-state index in [0.29, 0.717) is 5.82 Å². The molecule has 0 aliphatic heterocycles. The number of aromatic nitrogens is 2. The molecule has 0 aliphatic rings. The summed E-state index contributed by atoms with van der Waals surface area (Å²) in [5.74, 6) is -1.11. The fraction of sp³-hybridized carbons (Fsp3) is 0. The zero-order chi connectivity index (χ0) is 13.0. The zero-order valence-corrected chi connectivity index (χ0v) is 9.20. The molecular formula is C12H9N3O3. The van der Waals surface area contributed by atoms with Gasteiger partial charge in [-0.05, 0) is 24.3 Å². The van der Waals surface area contributed by atoms with Gasteiger partial charge in [-0.25, -0.2) is 9.78 Å². The van der Waals surface area contributed by atoms with Gasteiger partial charge in [-0.3, -0.25) is 9.78 Å². The third kappa shape index (κ3) is 2.67. The van der Waals surface area contributed by atoms with Crippen LogP contribution in [0.25, 0.3) is 0 Å². The van der Waals surface area contributed by atoms with Crippen molar-refractivity contribution in [3.63, 3.8) is 0 Å². The van der Waals surface area contributed by atoms with Crippen LogP contribution >= 0.6 is 0 Å². The number of hydrogen-bond acceptors (Lipinski definition) is 4. The third-order valence-electron chi connectivity index (χ3n) is 2.15. The van der Waals surface area contributed by atoms with Crippen LogP contribution in [0, 0.1) is 0 Å². The van der Waals surface area contributed by atoms with Crippen molar-refractivity contribution in [2.45, 2.75) is 0 Å². The molecular weight excluding hydrogens is 234 g/mol. The topological polar surface area (TPSA) is 92.2 Å². The maximum absolute atomic E-state index is 11.7. The lowest BCUT2D eigenvalue weighted by molar-refractivity contribution is 0.0696. The molecule has 0 fully saturated rings. The number of anilines is 1. The number of carboxylic acid groups (broad SMARTS) is 1. The Bertz CT molecular complexity index is 567. The van der Waals surface area contributed by atoms with Gasteiger partial charge in [0.2, 0.25) is 0 Å². The molecule has 0 saturated heterocycles. The fourth-order valence-corrected chi connectivity index (χ4v) is 1.27. The minimum Gasteiger partial charge on any atom is -0.478 e. The molecule has 2 rings (SSSR count). The Morgan fingerprint density at radius 1 is 1.11 bits per heavy atom. The van der Waals surface area contributed by atoms with Crippen LogP contribution in [-0.2, 0) is 0 Å². The molecule has 0 atom stereocenters. The molecule has 6 nitrogen and oxygen atoms in total. The second-order valence-electron chi connectivity index (χ2n) is 3.41. The molecule has 0 bridgehead atoms. The van der Waals surface area contributed by atoms with Crippen LogP contribution < -0.4 is 5.32 Å². The highest BCUT2D eigenvalue weighted by molar-refractivity contribution is 6.02. The molecule has 90 valence electrons. The van der Waals surface area contributed by atoms with E-state index in [-0.39, 0.29) is 11.3 Å². The summed E-state index contributed by atoms with van der Waals surface area (Å²) >= 11 is 0. The molecule has 18 heavy (non-hydrogen) atoms. The van der Waals surface area contributed by atoms with Gasteiger partial charge in [0, 0.05) is 12.4 Å². The van der Waals surface area contributed by atoms with Crippen LogP contribution in [0.5, 0.6) is 0 Å². The average molecular weight is 243 g/mol. The first kappa shape index (κ1) is 11.7. The summed E-state index contributed by atoms with van der Waals surface area (Å²) in [5.41, 5.74) is 0.162. The van der Waals surface area contributed by atoms with Crippen molar-refractivity contribution in [3.8, 4) is 0 Å². The Balaban J connectivity index is 2.12. The number of carbonyl (C=O) groups excluding carboxylic acids is 1. The van der Waals surface area contributed by atoms with Crippen molar-refractivity contribution >= 4 is 17.7 Å². The van der Waals surface area contributed by atoms with E-state index in [0.717, 1.165) is 6.20 Å². The minimum atomic E-state index is -1.08. The summed E-state index contributed by atoms with van der Waals surface area (Å²) in [6.45, 7) is 0. The van der Waals surface area contributed by atoms with E-state index in [9.17, 15) is 9.59 Å². The number of rotatable bonds is 3. The highest BCUT2D eigenvalue weighted by Gasteiger charge is 2.09. The quantitative estimate of drug-likeness (QED) is 0.850. The first-order chi connectivity index (χ1) is 8.66. The monoisotopic (exact) mass is 243 g/mol. The van der Waals surface area contributed by atoms with E-state index in [1.54, 1.807) is 24.4 Å². The molecule has 2 N–H and O–H groups in total. The lowest BCUT2D eigenvalue weighted by Crippen LogP contribution is -2.14. The Kier molecular flexibility index (Phi) is 3.29.